The SMILES string of the molecule is CC.CC.CCC1CC(C)(C)c2cc(C#Cc3ccc(C(C)C(=O)O)cc3)cc(C3CC3)c2O1. The first-order valence-corrected chi connectivity index (χ1v) is 13.0. The second kappa shape index (κ2) is 12.1. The molecule has 2 aromatic rings. The van der Waals surface area contributed by atoms with Gasteiger partial charge in [0, 0.05) is 16.7 Å². The molecule has 2 aliphatic rings. The van der Waals surface area contributed by atoms with Crippen molar-refractivity contribution in [3.05, 3.63) is 64.2 Å². The highest BCUT2D eigenvalue weighted by Crippen LogP contribution is 2.51. The number of hydrogen-bond donors (Lipinski definition) is 1. The molecule has 1 heterocycles. The van der Waals surface area contributed by atoms with Crippen molar-refractivity contribution in [2.24, 2.45) is 0 Å². The van der Waals surface area contributed by atoms with E-state index in [-0.39, 0.29) is 11.5 Å². The van der Waals surface area contributed by atoms with E-state index < -0.39 is 11.9 Å². The van der Waals surface area contributed by atoms with E-state index >= 15 is 0 Å². The number of carboxylic acid groups (broad SMARTS) is 1. The van der Waals surface area contributed by atoms with E-state index in [0.29, 0.717) is 5.92 Å². The first-order chi connectivity index (χ1) is 16.3. The molecule has 1 saturated carbocycles. The minimum Gasteiger partial charge on any atom is -0.490 e. The van der Waals surface area contributed by atoms with Crippen LogP contribution in [0.2, 0.25) is 0 Å². The second-order valence-electron chi connectivity index (χ2n) is 9.38. The summed E-state index contributed by atoms with van der Waals surface area (Å²) < 4.78 is 6.43. The van der Waals surface area contributed by atoms with Crippen LogP contribution in [0.25, 0.3) is 0 Å². The summed E-state index contributed by atoms with van der Waals surface area (Å²) in [4.78, 5) is 11.2. The Morgan fingerprint density at radius 2 is 1.65 bits per heavy atom. The number of ether oxygens (including phenoxy) is 1. The van der Waals surface area contributed by atoms with Crippen molar-refractivity contribution in [1.82, 2.24) is 0 Å². The van der Waals surface area contributed by atoms with Gasteiger partial charge in [0.2, 0.25) is 0 Å². The fourth-order valence-corrected chi connectivity index (χ4v) is 4.31. The quantitative estimate of drug-likeness (QED) is 0.468. The van der Waals surface area contributed by atoms with Gasteiger partial charge in [-0.25, -0.2) is 0 Å². The molecule has 1 aliphatic carbocycles. The van der Waals surface area contributed by atoms with Crippen molar-refractivity contribution in [2.75, 3.05) is 0 Å². The van der Waals surface area contributed by atoms with Gasteiger partial charge in [0.25, 0.3) is 0 Å². The van der Waals surface area contributed by atoms with Crippen molar-refractivity contribution < 1.29 is 14.6 Å². The minimum absolute atomic E-state index is 0.0736. The predicted octanol–water partition coefficient (Wildman–Crippen LogP) is 8.04. The number of carbonyl (C=O) groups is 1. The van der Waals surface area contributed by atoms with E-state index in [0.717, 1.165) is 35.3 Å². The van der Waals surface area contributed by atoms with Gasteiger partial charge in [0.15, 0.2) is 0 Å². The van der Waals surface area contributed by atoms with E-state index in [1.165, 1.54) is 24.0 Å². The average Bonchev–Trinajstić information content (AvgIpc) is 3.70. The van der Waals surface area contributed by atoms with Gasteiger partial charge in [-0.1, -0.05) is 72.4 Å². The van der Waals surface area contributed by atoms with Crippen LogP contribution in [-0.2, 0) is 10.2 Å². The summed E-state index contributed by atoms with van der Waals surface area (Å²) in [6.45, 7) is 16.5. The van der Waals surface area contributed by atoms with Crippen LogP contribution in [0.1, 0.15) is 121 Å². The Kier molecular flexibility index (Phi) is 9.80. The third-order valence-corrected chi connectivity index (χ3v) is 6.47. The van der Waals surface area contributed by atoms with Gasteiger partial charge in [0.1, 0.15) is 5.75 Å². The maximum atomic E-state index is 11.2. The molecule has 1 N–H and O–H groups in total. The van der Waals surface area contributed by atoms with Gasteiger partial charge in [-0.2, -0.15) is 0 Å². The normalized spacial score (nSPS) is 18.3. The summed E-state index contributed by atoms with van der Waals surface area (Å²) in [6.07, 6.45) is 4.81. The second-order valence-corrected chi connectivity index (χ2v) is 9.38. The van der Waals surface area contributed by atoms with Gasteiger partial charge in [-0.15, -0.1) is 0 Å². The lowest BCUT2D eigenvalue weighted by Gasteiger charge is -2.38. The average molecular weight is 463 g/mol. The summed E-state index contributed by atoms with van der Waals surface area (Å²) in [5, 5.41) is 9.17. The van der Waals surface area contributed by atoms with E-state index in [1.807, 2.05) is 52.0 Å². The van der Waals surface area contributed by atoms with Gasteiger partial charge in [-0.3, -0.25) is 4.79 Å². The van der Waals surface area contributed by atoms with Crippen molar-refractivity contribution in [3.63, 3.8) is 0 Å². The molecule has 1 fully saturated rings. The monoisotopic (exact) mass is 462 g/mol. The molecule has 0 saturated heterocycles. The Morgan fingerprint density at radius 1 is 1.06 bits per heavy atom. The lowest BCUT2D eigenvalue weighted by Crippen LogP contribution is -2.34. The number of fused-ring (bicyclic) bond motifs is 1. The zero-order valence-electron chi connectivity index (χ0n) is 22.3. The van der Waals surface area contributed by atoms with Crippen LogP contribution >= 0.6 is 0 Å². The number of benzene rings is 2. The maximum Gasteiger partial charge on any atom is 0.310 e. The number of rotatable bonds is 4. The Labute approximate surface area is 206 Å². The fraction of sp³-hybridized carbons (Fsp3) is 0.516. The van der Waals surface area contributed by atoms with Gasteiger partial charge < -0.3 is 9.84 Å². The molecule has 184 valence electrons. The van der Waals surface area contributed by atoms with Crippen LogP contribution < -0.4 is 4.74 Å². The maximum absolute atomic E-state index is 11.2. The molecule has 0 bridgehead atoms. The summed E-state index contributed by atoms with van der Waals surface area (Å²) >= 11 is 0. The highest BCUT2D eigenvalue weighted by molar-refractivity contribution is 5.75. The zero-order chi connectivity index (χ0) is 25.5. The zero-order valence-corrected chi connectivity index (χ0v) is 22.3. The molecular weight excluding hydrogens is 420 g/mol. The molecule has 0 amide bonds. The van der Waals surface area contributed by atoms with Crippen LogP contribution in [0, 0.1) is 11.8 Å². The first kappa shape index (κ1) is 27.5. The highest BCUT2D eigenvalue weighted by atomic mass is 16.5. The highest BCUT2D eigenvalue weighted by Gasteiger charge is 2.38. The Hall–Kier alpha value is -2.73. The molecular formula is C31H42O3. The van der Waals surface area contributed by atoms with Gasteiger partial charge in [-0.05, 0) is 79.3 Å². The lowest BCUT2D eigenvalue weighted by molar-refractivity contribution is -0.138. The smallest absolute Gasteiger partial charge is 0.310 e. The summed E-state index contributed by atoms with van der Waals surface area (Å²) in [5.74, 6) is 6.99. The first-order valence-electron chi connectivity index (χ1n) is 13.0. The third-order valence-electron chi connectivity index (χ3n) is 6.47. The topological polar surface area (TPSA) is 46.5 Å². The molecule has 2 aromatic carbocycles. The molecule has 2 unspecified atom stereocenters. The Morgan fingerprint density at radius 3 is 2.18 bits per heavy atom. The van der Waals surface area contributed by atoms with Gasteiger partial charge >= 0.3 is 5.97 Å². The molecule has 0 aromatic heterocycles. The molecule has 1 aliphatic heterocycles. The van der Waals surface area contributed by atoms with Crippen LogP contribution in [-0.4, -0.2) is 17.2 Å². The molecule has 2 atom stereocenters. The van der Waals surface area contributed by atoms with Crippen molar-refractivity contribution in [1.29, 1.82) is 0 Å². The van der Waals surface area contributed by atoms with Gasteiger partial charge in [0.05, 0.1) is 12.0 Å². The van der Waals surface area contributed by atoms with Crippen LogP contribution in [0.3, 0.4) is 0 Å². The summed E-state index contributed by atoms with van der Waals surface area (Å²) in [7, 11) is 0. The van der Waals surface area contributed by atoms with Crippen LogP contribution in [0.15, 0.2) is 36.4 Å². The fourth-order valence-electron chi connectivity index (χ4n) is 4.31. The van der Waals surface area contributed by atoms with E-state index in [1.54, 1.807) is 6.92 Å². The van der Waals surface area contributed by atoms with Crippen LogP contribution in [0.4, 0.5) is 0 Å². The third kappa shape index (κ3) is 6.44. The summed E-state index contributed by atoms with van der Waals surface area (Å²) in [5.41, 5.74) is 5.40. The lowest BCUT2D eigenvalue weighted by atomic mass is 9.75. The number of hydrogen-bond acceptors (Lipinski definition) is 2. The van der Waals surface area contributed by atoms with E-state index in [4.69, 9.17) is 9.84 Å². The van der Waals surface area contributed by atoms with Crippen molar-refractivity contribution in [3.8, 4) is 17.6 Å². The summed E-state index contributed by atoms with van der Waals surface area (Å²) in [6, 6.07) is 11.9. The van der Waals surface area contributed by atoms with E-state index in [9.17, 15) is 4.79 Å². The Bertz CT molecular complexity index is 1020. The van der Waals surface area contributed by atoms with Crippen LogP contribution in [0.5, 0.6) is 5.75 Å². The molecule has 3 heteroatoms. The number of aliphatic carboxylic acids is 1. The molecule has 4 rings (SSSR count). The standard InChI is InChI=1S/C27H30O3.2C2H6/c1-5-22-16-27(3,4)24-15-19(14-23(21-12-13-21)25(24)30-22)7-6-18-8-10-20(11-9-18)17(2)26(28)29;2*1-2/h8-11,14-15,17,21-22H,5,12-13,16H2,1-4H3,(H,28,29);2*1-2H3. The molecule has 0 radical (unpaired) electrons. The van der Waals surface area contributed by atoms with E-state index in [2.05, 4.69) is 44.7 Å². The van der Waals surface area contributed by atoms with Crippen molar-refractivity contribution >= 4 is 5.97 Å². The predicted molar refractivity (Wildman–Crippen MR) is 142 cm³/mol. The largest absolute Gasteiger partial charge is 0.490 e. The minimum atomic E-state index is -0.814. The molecule has 0 spiro atoms. The van der Waals surface area contributed by atoms with Crippen molar-refractivity contribution in [2.45, 2.75) is 104 Å². The Balaban J connectivity index is 0.000000970. The molecule has 34 heavy (non-hydrogen) atoms. The number of carboxylic acids is 1. The molecule has 3 nitrogen and oxygen atoms in total.